The Hall–Kier alpha value is -1.84. The van der Waals surface area contributed by atoms with E-state index in [1.165, 1.54) is 4.90 Å². The van der Waals surface area contributed by atoms with Crippen LogP contribution in [-0.2, 0) is 11.2 Å². The van der Waals surface area contributed by atoms with Crippen LogP contribution in [0.5, 0.6) is 0 Å². The summed E-state index contributed by atoms with van der Waals surface area (Å²) in [5, 5.41) is 2.77. The summed E-state index contributed by atoms with van der Waals surface area (Å²) in [4.78, 5) is 25.8. The third-order valence-electron chi connectivity index (χ3n) is 3.52. The van der Waals surface area contributed by atoms with E-state index in [0.717, 1.165) is 29.7 Å². The highest BCUT2D eigenvalue weighted by Crippen LogP contribution is 2.29. The number of rotatable bonds is 4. The molecular weight excluding hydrogens is 240 g/mol. The van der Waals surface area contributed by atoms with Crippen molar-refractivity contribution in [3.05, 3.63) is 29.3 Å². The molecule has 0 aromatic heterocycles. The minimum absolute atomic E-state index is 0.129. The fourth-order valence-electron chi connectivity index (χ4n) is 2.55. The van der Waals surface area contributed by atoms with Gasteiger partial charge < -0.3 is 5.32 Å². The maximum Gasteiger partial charge on any atom is 0.329 e. The maximum absolute atomic E-state index is 12.4. The van der Waals surface area contributed by atoms with Crippen molar-refractivity contribution >= 4 is 17.6 Å². The second-order valence-electron chi connectivity index (χ2n) is 4.90. The third-order valence-corrected chi connectivity index (χ3v) is 3.52. The first-order valence-electron chi connectivity index (χ1n) is 6.83. The molecule has 0 saturated carbocycles. The minimum atomic E-state index is -0.373. The largest absolute Gasteiger partial charge is 0.329 e. The van der Waals surface area contributed by atoms with E-state index < -0.39 is 0 Å². The van der Waals surface area contributed by atoms with Crippen molar-refractivity contribution in [1.82, 2.24) is 5.32 Å². The van der Waals surface area contributed by atoms with Crippen LogP contribution in [0.25, 0.3) is 0 Å². The quantitative estimate of drug-likeness (QED) is 0.846. The average molecular weight is 260 g/mol. The molecule has 1 saturated heterocycles. The van der Waals surface area contributed by atoms with Gasteiger partial charge in [0.1, 0.15) is 6.04 Å². The Kier molecular flexibility index (Phi) is 3.88. The van der Waals surface area contributed by atoms with Gasteiger partial charge in [-0.3, -0.25) is 4.79 Å². The van der Waals surface area contributed by atoms with Gasteiger partial charge in [0.15, 0.2) is 0 Å². The van der Waals surface area contributed by atoms with E-state index in [2.05, 4.69) is 5.32 Å². The van der Waals surface area contributed by atoms with Gasteiger partial charge in [-0.1, -0.05) is 38.5 Å². The van der Waals surface area contributed by atoms with Crippen molar-refractivity contribution in [2.24, 2.45) is 0 Å². The van der Waals surface area contributed by atoms with E-state index in [4.69, 9.17) is 0 Å². The zero-order valence-corrected chi connectivity index (χ0v) is 11.7. The number of hydrogen-bond acceptors (Lipinski definition) is 2. The van der Waals surface area contributed by atoms with E-state index in [-0.39, 0.29) is 18.0 Å². The monoisotopic (exact) mass is 260 g/mol. The fraction of sp³-hybridized carbons (Fsp3) is 0.467. The van der Waals surface area contributed by atoms with Crippen LogP contribution in [0, 0.1) is 6.92 Å². The summed E-state index contributed by atoms with van der Waals surface area (Å²) in [6.07, 6.45) is 2.36. The predicted molar refractivity (Wildman–Crippen MR) is 75.3 cm³/mol. The topological polar surface area (TPSA) is 49.4 Å². The van der Waals surface area contributed by atoms with Gasteiger partial charge in [0.25, 0.3) is 5.91 Å². The van der Waals surface area contributed by atoms with Crippen molar-refractivity contribution in [3.8, 4) is 0 Å². The number of amides is 3. The first-order chi connectivity index (χ1) is 9.10. The van der Waals surface area contributed by atoms with E-state index in [1.54, 1.807) is 0 Å². The van der Waals surface area contributed by atoms with Crippen LogP contribution in [0.3, 0.4) is 0 Å². The lowest BCUT2D eigenvalue weighted by Gasteiger charge is -2.19. The first-order valence-corrected chi connectivity index (χ1v) is 6.83. The number of anilines is 1. The van der Waals surface area contributed by atoms with Crippen LogP contribution < -0.4 is 10.2 Å². The second kappa shape index (κ2) is 5.43. The molecule has 1 atom stereocenters. The number of hydrogen-bond donors (Lipinski definition) is 1. The number of aryl methyl sites for hydroxylation is 2. The van der Waals surface area contributed by atoms with E-state index in [1.807, 2.05) is 39.0 Å². The minimum Gasteiger partial charge on any atom is -0.325 e. The summed E-state index contributed by atoms with van der Waals surface area (Å²) in [6, 6.07) is 5.19. The molecule has 4 heteroatoms. The molecular formula is C15H20N2O2. The van der Waals surface area contributed by atoms with Gasteiger partial charge in [-0.05, 0) is 30.9 Å². The highest BCUT2D eigenvalue weighted by Gasteiger charge is 2.39. The summed E-state index contributed by atoms with van der Waals surface area (Å²) >= 11 is 0. The molecule has 0 aliphatic carbocycles. The van der Waals surface area contributed by atoms with Crippen LogP contribution in [0.4, 0.5) is 10.5 Å². The van der Waals surface area contributed by atoms with Gasteiger partial charge in [0, 0.05) is 0 Å². The molecule has 0 bridgehead atoms. The van der Waals surface area contributed by atoms with Crippen LogP contribution in [0.1, 0.15) is 37.8 Å². The standard InChI is InChI=1S/C15H20N2O2/c1-4-7-12-14(18)17(15(19)16-12)13-10(3)8-6-9-11(13)5-2/h6,8-9,12H,4-5,7H2,1-3H3,(H,16,19)/t12-/m0/s1. The van der Waals surface area contributed by atoms with Gasteiger partial charge in [0.2, 0.25) is 0 Å². The van der Waals surface area contributed by atoms with Crippen LogP contribution in [-0.4, -0.2) is 18.0 Å². The molecule has 3 amide bonds. The number of benzene rings is 1. The highest BCUT2D eigenvalue weighted by atomic mass is 16.2. The number of nitrogens with one attached hydrogen (secondary N) is 1. The Morgan fingerprint density at radius 3 is 2.63 bits per heavy atom. The molecule has 1 aliphatic heterocycles. The Labute approximate surface area is 113 Å². The Morgan fingerprint density at radius 1 is 1.26 bits per heavy atom. The molecule has 0 unspecified atom stereocenters. The van der Waals surface area contributed by atoms with Crippen molar-refractivity contribution in [2.75, 3.05) is 4.90 Å². The summed E-state index contributed by atoms with van der Waals surface area (Å²) < 4.78 is 0. The molecule has 1 aromatic carbocycles. The van der Waals surface area contributed by atoms with Gasteiger partial charge in [-0.2, -0.15) is 0 Å². The Balaban J connectivity index is 2.42. The van der Waals surface area contributed by atoms with Crippen molar-refractivity contribution in [3.63, 3.8) is 0 Å². The maximum atomic E-state index is 12.4. The van der Waals surface area contributed by atoms with Crippen LogP contribution in [0.2, 0.25) is 0 Å². The molecule has 0 spiro atoms. The number of urea groups is 1. The van der Waals surface area contributed by atoms with Crippen molar-refractivity contribution in [2.45, 2.75) is 46.1 Å². The fourth-order valence-corrected chi connectivity index (χ4v) is 2.55. The highest BCUT2D eigenvalue weighted by molar-refractivity contribution is 6.22. The third kappa shape index (κ3) is 2.35. The zero-order valence-electron chi connectivity index (χ0n) is 11.7. The molecule has 1 aromatic rings. The summed E-state index contributed by atoms with van der Waals surface area (Å²) in [7, 11) is 0. The molecule has 2 rings (SSSR count). The lowest BCUT2D eigenvalue weighted by molar-refractivity contribution is -0.118. The molecule has 4 nitrogen and oxygen atoms in total. The van der Waals surface area contributed by atoms with Crippen molar-refractivity contribution < 1.29 is 9.59 Å². The van der Waals surface area contributed by atoms with Crippen molar-refractivity contribution in [1.29, 1.82) is 0 Å². The van der Waals surface area contributed by atoms with E-state index in [9.17, 15) is 9.59 Å². The number of imide groups is 1. The number of nitrogens with zero attached hydrogens (tertiary/aromatic N) is 1. The number of carbonyl (C=O) groups is 2. The van der Waals surface area contributed by atoms with Crippen LogP contribution >= 0.6 is 0 Å². The predicted octanol–water partition coefficient (Wildman–Crippen LogP) is 2.78. The number of para-hydroxylation sites is 1. The Morgan fingerprint density at radius 2 is 2.00 bits per heavy atom. The van der Waals surface area contributed by atoms with Gasteiger partial charge >= 0.3 is 6.03 Å². The molecule has 1 N–H and O–H groups in total. The lowest BCUT2D eigenvalue weighted by Crippen LogP contribution is -2.32. The second-order valence-corrected chi connectivity index (χ2v) is 4.90. The van der Waals surface area contributed by atoms with E-state index >= 15 is 0 Å². The Bertz CT molecular complexity index is 511. The molecule has 1 fully saturated rings. The molecule has 19 heavy (non-hydrogen) atoms. The molecule has 1 aliphatic rings. The van der Waals surface area contributed by atoms with Crippen LogP contribution in [0.15, 0.2) is 18.2 Å². The normalized spacial score (nSPS) is 18.9. The molecule has 1 heterocycles. The summed E-state index contributed by atoms with van der Waals surface area (Å²) in [5.41, 5.74) is 2.74. The smallest absolute Gasteiger partial charge is 0.325 e. The average Bonchev–Trinajstić information content (AvgIpc) is 2.65. The van der Waals surface area contributed by atoms with Gasteiger partial charge in [-0.15, -0.1) is 0 Å². The first kappa shape index (κ1) is 13.6. The SMILES string of the molecule is CCC[C@@H]1NC(=O)N(c2c(C)cccc2CC)C1=O. The lowest BCUT2D eigenvalue weighted by atomic mass is 10.0. The van der Waals surface area contributed by atoms with Gasteiger partial charge in [0.05, 0.1) is 5.69 Å². The molecule has 102 valence electrons. The zero-order chi connectivity index (χ0) is 14.0. The number of carbonyl (C=O) groups excluding carboxylic acids is 2. The summed E-state index contributed by atoms with van der Waals surface area (Å²) in [5.74, 6) is -0.129. The summed E-state index contributed by atoms with van der Waals surface area (Å²) in [6.45, 7) is 5.97. The molecule has 0 radical (unpaired) electrons. The van der Waals surface area contributed by atoms with Gasteiger partial charge in [-0.25, -0.2) is 9.69 Å². The van der Waals surface area contributed by atoms with E-state index in [0.29, 0.717) is 6.42 Å².